The molecule has 1 aromatic carbocycles. The SMILES string of the molecule is CCCCc1noc(C(C)Nc2ccc3c(c2)NC(=O)C(C)O3)n1. The highest BCUT2D eigenvalue weighted by Crippen LogP contribution is 2.33. The van der Waals surface area contributed by atoms with Crippen molar-refractivity contribution in [1.29, 1.82) is 0 Å². The fourth-order valence-electron chi connectivity index (χ4n) is 2.49. The monoisotopic (exact) mass is 330 g/mol. The third-order valence-electron chi connectivity index (χ3n) is 3.90. The summed E-state index contributed by atoms with van der Waals surface area (Å²) >= 11 is 0. The van der Waals surface area contributed by atoms with Crippen LogP contribution in [-0.4, -0.2) is 22.2 Å². The quantitative estimate of drug-likeness (QED) is 0.844. The molecule has 7 nitrogen and oxygen atoms in total. The van der Waals surface area contributed by atoms with E-state index in [9.17, 15) is 4.79 Å². The second kappa shape index (κ2) is 6.90. The highest BCUT2D eigenvalue weighted by atomic mass is 16.5. The van der Waals surface area contributed by atoms with Gasteiger partial charge in [0.25, 0.3) is 5.91 Å². The number of nitrogens with zero attached hydrogens (tertiary/aromatic N) is 2. The Morgan fingerprint density at radius 1 is 1.42 bits per heavy atom. The van der Waals surface area contributed by atoms with E-state index in [2.05, 4.69) is 27.7 Å². The van der Waals surface area contributed by atoms with E-state index in [0.29, 0.717) is 17.3 Å². The first-order valence-electron chi connectivity index (χ1n) is 8.27. The summed E-state index contributed by atoms with van der Waals surface area (Å²) in [5, 5.41) is 10.1. The zero-order chi connectivity index (χ0) is 17.1. The summed E-state index contributed by atoms with van der Waals surface area (Å²) in [6.07, 6.45) is 2.49. The average molecular weight is 330 g/mol. The maximum atomic E-state index is 11.7. The molecule has 0 fully saturated rings. The first-order chi connectivity index (χ1) is 11.6. The van der Waals surface area contributed by atoms with Gasteiger partial charge in [0.05, 0.1) is 5.69 Å². The number of aromatic nitrogens is 2. The number of carbonyl (C=O) groups is 1. The van der Waals surface area contributed by atoms with Crippen molar-refractivity contribution in [3.8, 4) is 5.75 Å². The number of aryl methyl sites for hydroxylation is 1. The van der Waals surface area contributed by atoms with Gasteiger partial charge in [-0.25, -0.2) is 0 Å². The van der Waals surface area contributed by atoms with Crippen LogP contribution in [0.25, 0.3) is 0 Å². The van der Waals surface area contributed by atoms with Crippen LogP contribution in [0.4, 0.5) is 11.4 Å². The second-order valence-corrected chi connectivity index (χ2v) is 5.98. The molecule has 1 amide bonds. The minimum Gasteiger partial charge on any atom is -0.479 e. The number of hydrogen-bond acceptors (Lipinski definition) is 6. The van der Waals surface area contributed by atoms with Gasteiger partial charge in [0.2, 0.25) is 5.89 Å². The summed E-state index contributed by atoms with van der Waals surface area (Å²) in [6, 6.07) is 5.43. The lowest BCUT2D eigenvalue weighted by atomic mass is 10.2. The highest BCUT2D eigenvalue weighted by Gasteiger charge is 2.24. The van der Waals surface area contributed by atoms with Gasteiger partial charge in [-0.05, 0) is 38.5 Å². The zero-order valence-corrected chi connectivity index (χ0v) is 14.1. The Bertz CT molecular complexity index is 728. The van der Waals surface area contributed by atoms with Gasteiger partial charge in [-0.3, -0.25) is 4.79 Å². The molecule has 2 aromatic rings. The molecule has 0 aliphatic carbocycles. The number of amides is 1. The van der Waals surface area contributed by atoms with Gasteiger partial charge < -0.3 is 19.9 Å². The van der Waals surface area contributed by atoms with Crippen molar-refractivity contribution < 1.29 is 14.1 Å². The Labute approximate surface area is 140 Å². The van der Waals surface area contributed by atoms with Crippen LogP contribution in [0.1, 0.15) is 51.4 Å². The number of unbranched alkanes of at least 4 members (excludes halogenated alkanes) is 1. The van der Waals surface area contributed by atoms with Gasteiger partial charge in [-0.15, -0.1) is 0 Å². The Balaban J connectivity index is 1.68. The van der Waals surface area contributed by atoms with Crippen LogP contribution in [0.2, 0.25) is 0 Å². The van der Waals surface area contributed by atoms with E-state index in [0.717, 1.165) is 30.8 Å². The lowest BCUT2D eigenvalue weighted by Crippen LogP contribution is -2.34. The fourth-order valence-corrected chi connectivity index (χ4v) is 2.49. The lowest BCUT2D eigenvalue weighted by Gasteiger charge is -2.24. The Hall–Kier alpha value is -2.57. The van der Waals surface area contributed by atoms with Gasteiger partial charge in [-0.2, -0.15) is 4.98 Å². The number of rotatable bonds is 6. The van der Waals surface area contributed by atoms with Crippen LogP contribution in [0.3, 0.4) is 0 Å². The smallest absolute Gasteiger partial charge is 0.265 e. The topological polar surface area (TPSA) is 89.3 Å². The molecule has 2 N–H and O–H groups in total. The number of carbonyl (C=O) groups excluding carboxylic acids is 1. The number of benzene rings is 1. The third-order valence-corrected chi connectivity index (χ3v) is 3.90. The highest BCUT2D eigenvalue weighted by molar-refractivity contribution is 5.98. The molecule has 2 unspecified atom stereocenters. The summed E-state index contributed by atoms with van der Waals surface area (Å²) in [4.78, 5) is 16.1. The van der Waals surface area contributed by atoms with E-state index < -0.39 is 6.10 Å². The first-order valence-corrected chi connectivity index (χ1v) is 8.27. The molecular weight excluding hydrogens is 308 g/mol. The molecule has 7 heteroatoms. The molecule has 1 aliphatic rings. The summed E-state index contributed by atoms with van der Waals surface area (Å²) in [7, 11) is 0. The van der Waals surface area contributed by atoms with Crippen LogP contribution in [-0.2, 0) is 11.2 Å². The number of nitrogens with one attached hydrogen (secondary N) is 2. The molecule has 0 saturated heterocycles. The molecule has 1 aromatic heterocycles. The maximum Gasteiger partial charge on any atom is 0.265 e. The predicted octanol–water partition coefficient (Wildman–Crippen LogP) is 3.30. The Morgan fingerprint density at radius 2 is 2.25 bits per heavy atom. The van der Waals surface area contributed by atoms with Crippen LogP contribution < -0.4 is 15.4 Å². The number of hydrogen-bond donors (Lipinski definition) is 2. The van der Waals surface area contributed by atoms with Crippen LogP contribution in [0.5, 0.6) is 5.75 Å². The summed E-state index contributed by atoms with van der Waals surface area (Å²) in [5.41, 5.74) is 1.50. The molecule has 24 heavy (non-hydrogen) atoms. The molecule has 2 heterocycles. The van der Waals surface area contributed by atoms with E-state index in [-0.39, 0.29) is 11.9 Å². The van der Waals surface area contributed by atoms with E-state index in [1.54, 1.807) is 6.92 Å². The summed E-state index contributed by atoms with van der Waals surface area (Å²) in [6.45, 7) is 5.80. The van der Waals surface area contributed by atoms with Gasteiger partial charge >= 0.3 is 0 Å². The second-order valence-electron chi connectivity index (χ2n) is 5.98. The minimum atomic E-state index is -0.477. The van der Waals surface area contributed by atoms with E-state index in [1.807, 2.05) is 25.1 Å². The van der Waals surface area contributed by atoms with Crippen LogP contribution in [0, 0.1) is 0 Å². The minimum absolute atomic E-state index is 0.134. The largest absolute Gasteiger partial charge is 0.479 e. The molecular formula is C17H22N4O3. The van der Waals surface area contributed by atoms with Crippen LogP contribution >= 0.6 is 0 Å². The Kier molecular flexibility index (Phi) is 4.69. The van der Waals surface area contributed by atoms with Gasteiger partial charge in [-0.1, -0.05) is 18.5 Å². The van der Waals surface area contributed by atoms with Gasteiger partial charge in [0.1, 0.15) is 11.8 Å². The molecule has 128 valence electrons. The molecule has 1 aliphatic heterocycles. The molecule has 0 radical (unpaired) electrons. The summed E-state index contributed by atoms with van der Waals surface area (Å²) < 4.78 is 10.9. The van der Waals surface area contributed by atoms with E-state index >= 15 is 0 Å². The fraction of sp³-hybridized carbons (Fsp3) is 0.471. The molecule has 3 rings (SSSR count). The van der Waals surface area contributed by atoms with E-state index in [4.69, 9.17) is 9.26 Å². The molecule has 0 saturated carbocycles. The van der Waals surface area contributed by atoms with Crippen molar-refractivity contribution in [3.05, 3.63) is 29.9 Å². The molecule has 0 bridgehead atoms. The van der Waals surface area contributed by atoms with Crippen molar-refractivity contribution in [2.24, 2.45) is 0 Å². The maximum absolute atomic E-state index is 11.7. The van der Waals surface area contributed by atoms with Crippen molar-refractivity contribution in [2.75, 3.05) is 10.6 Å². The van der Waals surface area contributed by atoms with Crippen molar-refractivity contribution in [1.82, 2.24) is 10.1 Å². The summed E-state index contributed by atoms with van der Waals surface area (Å²) in [5.74, 6) is 1.80. The third kappa shape index (κ3) is 3.50. The van der Waals surface area contributed by atoms with Gasteiger partial charge in [0.15, 0.2) is 11.9 Å². The average Bonchev–Trinajstić information content (AvgIpc) is 3.03. The number of anilines is 2. The zero-order valence-electron chi connectivity index (χ0n) is 14.1. The van der Waals surface area contributed by atoms with Crippen molar-refractivity contribution in [2.45, 2.75) is 52.2 Å². The normalized spacial score (nSPS) is 17.6. The standard InChI is InChI=1S/C17H22N4O3/c1-4-5-6-15-20-17(24-21-15)10(2)18-12-7-8-14-13(9-12)19-16(22)11(3)23-14/h7-11,18H,4-6H2,1-3H3,(H,19,22). The van der Waals surface area contributed by atoms with Crippen molar-refractivity contribution >= 4 is 17.3 Å². The number of fused-ring (bicyclic) bond motifs is 1. The van der Waals surface area contributed by atoms with Crippen LogP contribution in [0.15, 0.2) is 22.7 Å². The predicted molar refractivity (Wildman–Crippen MR) is 90.1 cm³/mol. The Morgan fingerprint density at radius 3 is 3.04 bits per heavy atom. The first kappa shape index (κ1) is 16.3. The van der Waals surface area contributed by atoms with Gasteiger partial charge in [0, 0.05) is 12.1 Å². The lowest BCUT2D eigenvalue weighted by molar-refractivity contribution is -0.122. The number of ether oxygens (including phenoxy) is 1. The molecule has 2 atom stereocenters. The van der Waals surface area contributed by atoms with Crippen molar-refractivity contribution in [3.63, 3.8) is 0 Å². The van der Waals surface area contributed by atoms with E-state index in [1.165, 1.54) is 0 Å². The molecule has 0 spiro atoms.